The fraction of sp³-hybridized carbons (Fsp3) is 0.625. The fourth-order valence-electron chi connectivity index (χ4n) is 3.53. The van der Waals surface area contributed by atoms with Gasteiger partial charge in [0.2, 0.25) is 0 Å². The summed E-state index contributed by atoms with van der Waals surface area (Å²) >= 11 is 0. The zero-order chi connectivity index (χ0) is 14.2. The Morgan fingerprint density at radius 3 is 3.05 bits per heavy atom. The highest BCUT2D eigenvalue weighted by Crippen LogP contribution is 2.43. The van der Waals surface area contributed by atoms with Crippen molar-refractivity contribution < 1.29 is 9.13 Å². The maximum Gasteiger partial charge on any atom is 0.125 e. The van der Waals surface area contributed by atoms with Crippen molar-refractivity contribution in [3.8, 4) is 5.75 Å². The largest absolute Gasteiger partial charge is 0.487 e. The first kappa shape index (κ1) is 13.8. The Kier molecular flexibility index (Phi) is 3.69. The van der Waals surface area contributed by atoms with E-state index in [2.05, 4.69) is 11.8 Å². The number of hydrogen-bond donors (Lipinski definition) is 1. The lowest BCUT2D eigenvalue weighted by Gasteiger charge is -2.41. The van der Waals surface area contributed by atoms with Gasteiger partial charge in [0.1, 0.15) is 17.2 Å². The minimum atomic E-state index is -0.239. The van der Waals surface area contributed by atoms with E-state index >= 15 is 0 Å². The third-order valence-electron chi connectivity index (χ3n) is 4.73. The quantitative estimate of drug-likeness (QED) is 0.858. The number of hydrogen-bond acceptors (Lipinski definition) is 3. The van der Waals surface area contributed by atoms with Crippen molar-refractivity contribution in [3.63, 3.8) is 0 Å². The molecule has 1 aromatic rings. The third kappa shape index (κ3) is 2.54. The fourth-order valence-corrected chi connectivity index (χ4v) is 3.53. The third-order valence-corrected chi connectivity index (χ3v) is 4.73. The molecule has 110 valence electrons. The summed E-state index contributed by atoms with van der Waals surface area (Å²) in [5, 5.41) is 0. The van der Waals surface area contributed by atoms with Crippen LogP contribution < -0.4 is 10.5 Å². The lowest BCUT2D eigenvalue weighted by Crippen LogP contribution is -2.43. The minimum Gasteiger partial charge on any atom is -0.487 e. The van der Waals surface area contributed by atoms with Gasteiger partial charge in [-0.15, -0.1) is 0 Å². The number of benzene rings is 1. The number of nitrogens with zero attached hydrogens (tertiary/aromatic N) is 1. The predicted octanol–water partition coefficient (Wildman–Crippen LogP) is 2.85. The van der Waals surface area contributed by atoms with Gasteiger partial charge < -0.3 is 15.4 Å². The molecule has 4 heteroatoms. The maximum atomic E-state index is 13.3. The molecule has 0 amide bonds. The number of fused-ring (bicyclic) bond motifs is 1. The van der Waals surface area contributed by atoms with E-state index in [9.17, 15) is 4.39 Å². The number of rotatable bonds is 1. The van der Waals surface area contributed by atoms with E-state index in [0.29, 0.717) is 0 Å². The van der Waals surface area contributed by atoms with E-state index in [0.717, 1.165) is 56.6 Å². The van der Waals surface area contributed by atoms with Gasteiger partial charge in [-0.2, -0.15) is 0 Å². The lowest BCUT2D eigenvalue weighted by molar-refractivity contribution is 0.0217. The van der Waals surface area contributed by atoms with Crippen LogP contribution in [-0.2, 0) is 0 Å². The van der Waals surface area contributed by atoms with Crippen LogP contribution in [0.3, 0.4) is 0 Å². The number of likely N-dealkylation sites (tertiary alicyclic amines) is 1. The summed E-state index contributed by atoms with van der Waals surface area (Å²) in [4.78, 5) is 2.46. The van der Waals surface area contributed by atoms with Crippen LogP contribution in [0.25, 0.3) is 0 Å². The van der Waals surface area contributed by atoms with E-state index in [4.69, 9.17) is 10.5 Å². The molecule has 2 atom stereocenters. The molecule has 2 aliphatic heterocycles. The van der Waals surface area contributed by atoms with Crippen LogP contribution in [0.2, 0.25) is 0 Å². The van der Waals surface area contributed by atoms with E-state index < -0.39 is 0 Å². The Morgan fingerprint density at radius 2 is 2.25 bits per heavy atom. The second kappa shape index (κ2) is 5.34. The first-order chi connectivity index (χ1) is 9.62. The summed E-state index contributed by atoms with van der Waals surface area (Å²) < 4.78 is 19.6. The first-order valence-corrected chi connectivity index (χ1v) is 7.58. The SMILES string of the molecule is CCN1CCCC2(CC1)C[C@H](N)c1cc(F)ccc1O2. The topological polar surface area (TPSA) is 38.5 Å². The molecule has 0 aromatic heterocycles. The van der Waals surface area contributed by atoms with Gasteiger partial charge in [-0.1, -0.05) is 6.92 Å². The number of halogens is 1. The molecular formula is C16H23FN2O. The molecule has 1 fully saturated rings. The molecule has 1 spiro atoms. The van der Waals surface area contributed by atoms with Crippen molar-refractivity contribution in [2.24, 2.45) is 5.73 Å². The monoisotopic (exact) mass is 278 g/mol. The van der Waals surface area contributed by atoms with Crippen LogP contribution >= 0.6 is 0 Å². The summed E-state index contributed by atoms with van der Waals surface area (Å²) in [6.07, 6.45) is 3.97. The van der Waals surface area contributed by atoms with Crippen molar-refractivity contribution in [3.05, 3.63) is 29.6 Å². The zero-order valence-electron chi connectivity index (χ0n) is 12.1. The molecule has 3 nitrogen and oxygen atoms in total. The van der Waals surface area contributed by atoms with Crippen LogP contribution in [0.15, 0.2) is 18.2 Å². The number of nitrogens with two attached hydrogens (primary N) is 1. The van der Waals surface area contributed by atoms with Crippen molar-refractivity contribution in [1.29, 1.82) is 0 Å². The van der Waals surface area contributed by atoms with Crippen LogP contribution in [-0.4, -0.2) is 30.1 Å². The molecule has 2 heterocycles. The maximum absolute atomic E-state index is 13.3. The van der Waals surface area contributed by atoms with E-state index in [1.807, 2.05) is 0 Å². The van der Waals surface area contributed by atoms with Crippen molar-refractivity contribution in [1.82, 2.24) is 4.90 Å². The molecule has 1 unspecified atom stereocenters. The molecule has 2 N–H and O–H groups in total. The smallest absolute Gasteiger partial charge is 0.125 e. The molecule has 20 heavy (non-hydrogen) atoms. The van der Waals surface area contributed by atoms with E-state index in [-0.39, 0.29) is 17.5 Å². The molecule has 0 radical (unpaired) electrons. The van der Waals surface area contributed by atoms with Gasteiger partial charge in [-0.25, -0.2) is 4.39 Å². The van der Waals surface area contributed by atoms with Crippen molar-refractivity contribution >= 4 is 0 Å². The van der Waals surface area contributed by atoms with Crippen LogP contribution in [0.4, 0.5) is 4.39 Å². The van der Waals surface area contributed by atoms with Crippen molar-refractivity contribution in [2.45, 2.75) is 44.2 Å². The summed E-state index contributed by atoms with van der Waals surface area (Å²) in [6, 6.07) is 4.58. The molecule has 1 saturated heterocycles. The van der Waals surface area contributed by atoms with Gasteiger partial charge in [-0.3, -0.25) is 0 Å². The summed E-state index contributed by atoms with van der Waals surface area (Å²) in [7, 11) is 0. The Morgan fingerprint density at radius 1 is 1.40 bits per heavy atom. The Bertz CT molecular complexity index is 493. The molecule has 0 aliphatic carbocycles. The molecule has 0 saturated carbocycles. The summed E-state index contributed by atoms with van der Waals surface area (Å²) in [6.45, 7) is 5.47. The van der Waals surface area contributed by atoms with Crippen LogP contribution in [0.1, 0.15) is 44.2 Å². The Labute approximate surface area is 119 Å². The minimum absolute atomic E-state index is 0.123. The Hall–Kier alpha value is -1.13. The van der Waals surface area contributed by atoms with Gasteiger partial charge in [0, 0.05) is 24.6 Å². The highest BCUT2D eigenvalue weighted by molar-refractivity contribution is 5.39. The summed E-state index contributed by atoms with van der Waals surface area (Å²) in [5.74, 6) is 0.534. The average Bonchev–Trinajstić information content (AvgIpc) is 2.62. The average molecular weight is 278 g/mol. The molecule has 3 rings (SSSR count). The van der Waals surface area contributed by atoms with Crippen molar-refractivity contribution in [2.75, 3.05) is 19.6 Å². The molecule has 1 aromatic carbocycles. The normalized spacial score (nSPS) is 30.6. The second-order valence-electron chi connectivity index (χ2n) is 6.07. The molecular weight excluding hydrogens is 255 g/mol. The first-order valence-electron chi connectivity index (χ1n) is 7.58. The van der Waals surface area contributed by atoms with Crippen LogP contribution in [0, 0.1) is 5.82 Å². The Balaban J connectivity index is 1.85. The highest BCUT2D eigenvalue weighted by Gasteiger charge is 2.40. The summed E-state index contributed by atoms with van der Waals surface area (Å²) in [5.41, 5.74) is 6.93. The zero-order valence-corrected chi connectivity index (χ0v) is 12.1. The van der Waals surface area contributed by atoms with Gasteiger partial charge in [-0.05, 0) is 50.6 Å². The number of ether oxygens (including phenoxy) is 1. The van der Waals surface area contributed by atoms with Crippen LogP contribution in [0.5, 0.6) is 5.75 Å². The van der Waals surface area contributed by atoms with E-state index in [1.165, 1.54) is 12.1 Å². The lowest BCUT2D eigenvalue weighted by atomic mass is 9.82. The molecule has 0 bridgehead atoms. The highest BCUT2D eigenvalue weighted by atomic mass is 19.1. The van der Waals surface area contributed by atoms with Gasteiger partial charge >= 0.3 is 0 Å². The van der Waals surface area contributed by atoms with Gasteiger partial charge in [0.05, 0.1) is 0 Å². The second-order valence-corrected chi connectivity index (χ2v) is 6.07. The van der Waals surface area contributed by atoms with E-state index in [1.54, 1.807) is 6.07 Å². The van der Waals surface area contributed by atoms with Gasteiger partial charge in [0.25, 0.3) is 0 Å². The predicted molar refractivity (Wildman–Crippen MR) is 77.3 cm³/mol. The molecule has 2 aliphatic rings. The standard InChI is InChI=1S/C16H23FN2O/c1-2-19-8-3-6-16(7-9-19)11-14(18)13-10-12(17)4-5-15(13)20-16/h4-5,10,14H,2-3,6-9,11,18H2,1H3/t14-,16?/m0/s1. The van der Waals surface area contributed by atoms with Gasteiger partial charge in [0.15, 0.2) is 0 Å².